The number of benzene rings is 2. The molecule has 0 bridgehead atoms. The molecular formula is C26H20N6. The fourth-order valence-electron chi connectivity index (χ4n) is 3.83. The summed E-state index contributed by atoms with van der Waals surface area (Å²) in [6, 6.07) is 20.6. The molecular weight excluding hydrogens is 396 g/mol. The summed E-state index contributed by atoms with van der Waals surface area (Å²) >= 11 is 0. The Morgan fingerprint density at radius 3 is 1.88 bits per heavy atom. The van der Waals surface area contributed by atoms with Gasteiger partial charge in [0.1, 0.15) is 0 Å². The molecule has 6 heteroatoms. The van der Waals surface area contributed by atoms with Crippen molar-refractivity contribution in [3.8, 4) is 0 Å². The Kier molecular flexibility index (Phi) is 4.11. The number of aliphatic imine (C=N–C) groups is 4. The molecule has 3 aromatic rings. The number of nitrogens with zero attached hydrogens (tertiary/aromatic N) is 6. The Morgan fingerprint density at radius 2 is 1.19 bits per heavy atom. The van der Waals surface area contributed by atoms with Gasteiger partial charge in [0.2, 0.25) is 17.9 Å². The maximum absolute atomic E-state index is 4.87. The van der Waals surface area contributed by atoms with Crippen LogP contribution < -0.4 is 0 Å². The zero-order chi connectivity index (χ0) is 21.7. The summed E-state index contributed by atoms with van der Waals surface area (Å²) in [5.41, 5.74) is 7.20. The van der Waals surface area contributed by atoms with E-state index in [1.165, 1.54) is 11.1 Å². The highest BCUT2D eigenvalue weighted by atomic mass is 15.4. The van der Waals surface area contributed by atoms with E-state index in [0.717, 1.165) is 28.2 Å². The summed E-state index contributed by atoms with van der Waals surface area (Å²) in [6.07, 6.45) is 7.98. The fourth-order valence-corrected chi connectivity index (χ4v) is 3.83. The van der Waals surface area contributed by atoms with Gasteiger partial charge in [-0.15, -0.1) is 0 Å². The number of allylic oxidation sites excluding steroid dienone is 2. The second kappa shape index (κ2) is 7.13. The average molecular weight is 416 g/mol. The molecule has 0 saturated carbocycles. The lowest BCUT2D eigenvalue weighted by atomic mass is 10.0. The number of hydrogen-bond donors (Lipinski definition) is 0. The zero-order valence-corrected chi connectivity index (χ0v) is 17.8. The first-order chi connectivity index (χ1) is 15.6. The minimum absolute atomic E-state index is 0.540. The summed E-state index contributed by atoms with van der Waals surface area (Å²) in [6.45, 7) is 4.16. The lowest BCUT2D eigenvalue weighted by Gasteiger charge is -2.32. The van der Waals surface area contributed by atoms with Gasteiger partial charge in [-0.05, 0) is 38.1 Å². The number of hydrogen-bond acceptors (Lipinski definition) is 5. The van der Waals surface area contributed by atoms with Crippen LogP contribution in [0, 0.1) is 13.8 Å². The van der Waals surface area contributed by atoms with E-state index in [1.54, 1.807) is 0 Å². The van der Waals surface area contributed by atoms with Crippen LogP contribution in [0.1, 0.15) is 22.3 Å². The van der Waals surface area contributed by atoms with Crippen molar-refractivity contribution in [2.24, 2.45) is 20.0 Å². The van der Waals surface area contributed by atoms with Crippen LogP contribution in [0.5, 0.6) is 0 Å². The average Bonchev–Trinajstić information content (AvgIpc) is 3.35. The van der Waals surface area contributed by atoms with Crippen LogP contribution in [-0.4, -0.2) is 33.1 Å². The molecule has 0 fully saturated rings. The van der Waals surface area contributed by atoms with Gasteiger partial charge in [-0.2, -0.15) is 9.98 Å². The monoisotopic (exact) mass is 416 g/mol. The Balaban J connectivity index is 1.53. The summed E-state index contributed by atoms with van der Waals surface area (Å²) < 4.78 is 1.87. The topological polar surface area (TPSA) is 57.6 Å². The van der Waals surface area contributed by atoms with Gasteiger partial charge in [0.25, 0.3) is 0 Å². The molecule has 154 valence electrons. The van der Waals surface area contributed by atoms with Crippen LogP contribution in [0.3, 0.4) is 0 Å². The van der Waals surface area contributed by atoms with Gasteiger partial charge in [-0.1, -0.05) is 59.7 Å². The van der Waals surface area contributed by atoms with E-state index in [1.807, 2.05) is 34.0 Å². The van der Waals surface area contributed by atoms with Crippen molar-refractivity contribution < 1.29 is 0 Å². The van der Waals surface area contributed by atoms with Crippen LogP contribution in [0.15, 0.2) is 111 Å². The second-order valence-corrected chi connectivity index (χ2v) is 7.99. The largest absolute Gasteiger partial charge is 0.293 e. The van der Waals surface area contributed by atoms with E-state index < -0.39 is 0 Å². The molecule has 6 nitrogen and oxygen atoms in total. The van der Waals surface area contributed by atoms with Gasteiger partial charge in [0.05, 0.1) is 17.1 Å². The summed E-state index contributed by atoms with van der Waals surface area (Å²) in [5, 5.41) is 0. The standard InChI is InChI=1S/C26H20N6/c1-17-5-9-19(10-6-17)22-15-21-16-23(20-11-7-18(2)8-12-20)28-26-30-24(31-13-3-4-14-31)29-25(27-22)32(21)26/h3-16H,1-2H3. The Morgan fingerprint density at radius 1 is 0.594 bits per heavy atom. The summed E-state index contributed by atoms with van der Waals surface area (Å²) in [5.74, 6) is 1.67. The first kappa shape index (κ1) is 18.4. The van der Waals surface area contributed by atoms with Gasteiger partial charge in [-0.3, -0.25) is 4.57 Å². The van der Waals surface area contributed by atoms with Gasteiger partial charge in [-0.25, -0.2) is 14.9 Å². The molecule has 4 heterocycles. The highest BCUT2D eigenvalue weighted by Crippen LogP contribution is 2.31. The predicted octanol–water partition coefficient (Wildman–Crippen LogP) is 4.78. The van der Waals surface area contributed by atoms with Crippen LogP contribution in [0.25, 0.3) is 5.70 Å². The molecule has 32 heavy (non-hydrogen) atoms. The number of rotatable bonds is 2. The van der Waals surface area contributed by atoms with Crippen molar-refractivity contribution in [3.63, 3.8) is 0 Å². The van der Waals surface area contributed by atoms with E-state index in [2.05, 4.69) is 74.5 Å². The molecule has 1 aromatic heterocycles. The molecule has 6 rings (SSSR count). The maximum atomic E-state index is 4.87. The number of guanidine groups is 2. The molecule has 0 amide bonds. The van der Waals surface area contributed by atoms with E-state index in [0.29, 0.717) is 17.9 Å². The normalized spacial score (nSPS) is 16.9. The maximum Gasteiger partial charge on any atom is 0.240 e. The van der Waals surface area contributed by atoms with Crippen molar-refractivity contribution in [3.05, 3.63) is 113 Å². The van der Waals surface area contributed by atoms with E-state index in [-0.39, 0.29) is 0 Å². The molecule has 0 atom stereocenters. The van der Waals surface area contributed by atoms with E-state index in [4.69, 9.17) is 20.0 Å². The SMILES string of the molecule is Cc1ccc(C2=CC3=CC(c4ccc(C)cc4)=NC4=NC(n5cccc5)=NC(=N2)N34)cc1. The molecule has 0 aliphatic carbocycles. The van der Waals surface area contributed by atoms with Crippen LogP contribution in [-0.2, 0) is 0 Å². The van der Waals surface area contributed by atoms with Crippen molar-refractivity contribution >= 4 is 29.3 Å². The smallest absolute Gasteiger partial charge is 0.240 e. The van der Waals surface area contributed by atoms with Gasteiger partial charge in [0, 0.05) is 23.5 Å². The molecule has 2 aromatic carbocycles. The Labute approximate surface area is 186 Å². The van der Waals surface area contributed by atoms with E-state index >= 15 is 0 Å². The molecule has 0 radical (unpaired) electrons. The van der Waals surface area contributed by atoms with Crippen LogP contribution >= 0.6 is 0 Å². The van der Waals surface area contributed by atoms with Crippen LogP contribution in [0.2, 0.25) is 0 Å². The van der Waals surface area contributed by atoms with Gasteiger partial charge >= 0.3 is 0 Å². The van der Waals surface area contributed by atoms with E-state index in [9.17, 15) is 0 Å². The third kappa shape index (κ3) is 3.13. The highest BCUT2D eigenvalue weighted by molar-refractivity contribution is 6.24. The van der Waals surface area contributed by atoms with Crippen molar-refractivity contribution in [2.75, 3.05) is 0 Å². The van der Waals surface area contributed by atoms with Crippen molar-refractivity contribution in [2.45, 2.75) is 13.8 Å². The van der Waals surface area contributed by atoms with Gasteiger partial charge < -0.3 is 0 Å². The first-order valence-electron chi connectivity index (χ1n) is 10.5. The molecule has 0 spiro atoms. The molecule has 0 unspecified atom stereocenters. The first-order valence-corrected chi connectivity index (χ1v) is 10.5. The number of aryl methyl sites for hydroxylation is 2. The molecule has 0 N–H and O–H groups in total. The third-order valence-electron chi connectivity index (χ3n) is 5.60. The Hall–Kier alpha value is -4.32. The number of aromatic nitrogens is 1. The fraction of sp³-hybridized carbons (Fsp3) is 0.0769. The predicted molar refractivity (Wildman–Crippen MR) is 129 cm³/mol. The quantitative estimate of drug-likeness (QED) is 0.593. The summed E-state index contributed by atoms with van der Waals surface area (Å²) in [7, 11) is 0. The summed E-state index contributed by atoms with van der Waals surface area (Å²) in [4.78, 5) is 21.1. The van der Waals surface area contributed by atoms with Gasteiger partial charge in [0.15, 0.2) is 0 Å². The lowest BCUT2D eigenvalue weighted by molar-refractivity contribution is 0.732. The second-order valence-electron chi connectivity index (χ2n) is 7.99. The highest BCUT2D eigenvalue weighted by Gasteiger charge is 2.33. The third-order valence-corrected chi connectivity index (χ3v) is 5.60. The van der Waals surface area contributed by atoms with Crippen molar-refractivity contribution in [1.29, 1.82) is 0 Å². The zero-order valence-electron chi connectivity index (χ0n) is 17.8. The molecule has 3 aliphatic heterocycles. The van der Waals surface area contributed by atoms with Crippen LogP contribution in [0.4, 0.5) is 0 Å². The molecule has 3 aliphatic rings. The lowest BCUT2D eigenvalue weighted by Crippen LogP contribution is -2.42. The Bertz CT molecular complexity index is 1350. The molecule has 0 saturated heterocycles. The minimum atomic E-state index is 0.540. The minimum Gasteiger partial charge on any atom is -0.293 e. The van der Waals surface area contributed by atoms with Crippen molar-refractivity contribution in [1.82, 2.24) is 9.47 Å².